The van der Waals surface area contributed by atoms with Gasteiger partial charge in [-0.2, -0.15) is 0 Å². The van der Waals surface area contributed by atoms with E-state index >= 15 is 0 Å². The molecule has 150 valence electrons. The van der Waals surface area contributed by atoms with Crippen LogP contribution in [0.25, 0.3) is 0 Å². The summed E-state index contributed by atoms with van der Waals surface area (Å²) >= 11 is 0. The van der Waals surface area contributed by atoms with Gasteiger partial charge in [0.25, 0.3) is 11.4 Å². The van der Waals surface area contributed by atoms with Crippen LogP contribution in [0.1, 0.15) is 36.0 Å². The fraction of sp³-hybridized carbons (Fsp3) is 0.588. The molecule has 0 unspecified atom stereocenters. The van der Waals surface area contributed by atoms with Gasteiger partial charge in [0, 0.05) is 25.0 Å². The van der Waals surface area contributed by atoms with Crippen molar-refractivity contribution in [3.05, 3.63) is 44.0 Å². The Kier molecular flexibility index (Phi) is 4.52. The number of carbonyl (C=O) groups is 1. The molecule has 11 heteroatoms. The van der Waals surface area contributed by atoms with Crippen molar-refractivity contribution in [2.75, 3.05) is 19.8 Å². The second-order valence-electron chi connectivity index (χ2n) is 7.13. The summed E-state index contributed by atoms with van der Waals surface area (Å²) < 4.78 is 22.3. The molecule has 28 heavy (non-hydrogen) atoms. The molecule has 1 aromatic rings. The number of nitro groups is 2. The van der Waals surface area contributed by atoms with Crippen LogP contribution in [0.2, 0.25) is 0 Å². The largest absolute Gasteiger partial charge is 0.459 e. The summed E-state index contributed by atoms with van der Waals surface area (Å²) in [5.41, 5.74) is -1.70. The number of carbonyl (C=O) groups excluding carboxylic acids is 1. The summed E-state index contributed by atoms with van der Waals surface area (Å²) in [5.74, 6) is -1.38. The van der Waals surface area contributed by atoms with Crippen LogP contribution in [0.4, 0.5) is 11.4 Å². The van der Waals surface area contributed by atoms with Crippen molar-refractivity contribution in [2.24, 2.45) is 0 Å². The molecule has 4 rings (SSSR count). The highest BCUT2D eigenvalue weighted by Crippen LogP contribution is 2.52. The van der Waals surface area contributed by atoms with E-state index in [1.54, 1.807) is 0 Å². The first-order valence-electron chi connectivity index (χ1n) is 8.89. The molecule has 0 N–H and O–H groups in total. The third kappa shape index (κ3) is 3.43. The van der Waals surface area contributed by atoms with Crippen molar-refractivity contribution in [3.8, 4) is 0 Å². The quantitative estimate of drug-likeness (QED) is 0.317. The zero-order valence-electron chi connectivity index (χ0n) is 14.8. The topological polar surface area (TPSA) is 144 Å². The second-order valence-corrected chi connectivity index (χ2v) is 7.13. The van der Waals surface area contributed by atoms with Gasteiger partial charge in [-0.25, -0.2) is 4.79 Å². The van der Waals surface area contributed by atoms with E-state index in [0.717, 1.165) is 31.0 Å². The Bertz CT molecular complexity index is 792. The predicted octanol–water partition coefficient (Wildman–Crippen LogP) is 2.11. The van der Waals surface area contributed by atoms with Crippen molar-refractivity contribution >= 4 is 17.3 Å². The zero-order valence-corrected chi connectivity index (χ0v) is 14.8. The van der Waals surface area contributed by atoms with Crippen molar-refractivity contribution in [3.63, 3.8) is 0 Å². The van der Waals surface area contributed by atoms with Crippen molar-refractivity contribution in [1.82, 2.24) is 0 Å². The monoisotopic (exact) mass is 394 g/mol. The molecule has 1 saturated carbocycles. The van der Waals surface area contributed by atoms with E-state index in [0.29, 0.717) is 26.1 Å². The summed E-state index contributed by atoms with van der Waals surface area (Å²) in [4.78, 5) is 32.5. The van der Waals surface area contributed by atoms with E-state index in [9.17, 15) is 25.0 Å². The second kappa shape index (κ2) is 6.76. The van der Waals surface area contributed by atoms with Crippen LogP contribution in [-0.2, 0) is 18.9 Å². The van der Waals surface area contributed by atoms with Gasteiger partial charge in [0.05, 0.1) is 40.3 Å². The molecule has 2 spiro atoms. The first kappa shape index (κ1) is 18.7. The molecule has 0 radical (unpaired) electrons. The normalized spacial score (nSPS) is 24.2. The average Bonchev–Trinajstić information content (AvgIpc) is 3.16. The smallest absolute Gasteiger partial charge is 0.338 e. The molecule has 2 saturated heterocycles. The maximum atomic E-state index is 12.2. The van der Waals surface area contributed by atoms with Gasteiger partial charge in [-0.1, -0.05) is 0 Å². The fourth-order valence-electron chi connectivity index (χ4n) is 3.87. The minimum Gasteiger partial charge on any atom is -0.459 e. The van der Waals surface area contributed by atoms with Gasteiger partial charge in [-0.15, -0.1) is 0 Å². The number of nitrogens with zero attached hydrogens (tertiary/aromatic N) is 2. The highest BCUT2D eigenvalue weighted by Gasteiger charge is 2.61. The van der Waals surface area contributed by atoms with Gasteiger partial charge in [0.15, 0.2) is 5.79 Å². The highest BCUT2D eigenvalue weighted by molar-refractivity contribution is 5.91. The van der Waals surface area contributed by atoms with E-state index in [4.69, 9.17) is 18.9 Å². The lowest BCUT2D eigenvalue weighted by atomic mass is 9.83. The minimum atomic E-state index is -0.868. The van der Waals surface area contributed by atoms with Gasteiger partial charge in [0.2, 0.25) is 0 Å². The number of ether oxygens (including phenoxy) is 4. The maximum absolute atomic E-state index is 12.2. The predicted molar refractivity (Wildman–Crippen MR) is 90.7 cm³/mol. The molecule has 0 aromatic heterocycles. The van der Waals surface area contributed by atoms with Gasteiger partial charge in [-0.3, -0.25) is 20.2 Å². The van der Waals surface area contributed by atoms with Crippen LogP contribution in [0.3, 0.4) is 0 Å². The van der Waals surface area contributed by atoms with Crippen molar-refractivity contribution in [1.29, 1.82) is 0 Å². The molecule has 1 aromatic carbocycles. The molecule has 3 fully saturated rings. The lowest BCUT2D eigenvalue weighted by Crippen LogP contribution is -2.39. The van der Waals surface area contributed by atoms with E-state index in [1.165, 1.54) is 0 Å². The Morgan fingerprint density at radius 2 is 1.61 bits per heavy atom. The highest BCUT2D eigenvalue weighted by atomic mass is 16.7. The summed E-state index contributed by atoms with van der Waals surface area (Å²) in [6.45, 7) is 1.15. The van der Waals surface area contributed by atoms with Gasteiger partial charge in [0.1, 0.15) is 12.7 Å². The third-order valence-electron chi connectivity index (χ3n) is 5.50. The van der Waals surface area contributed by atoms with Gasteiger partial charge in [-0.05, 0) is 12.8 Å². The Morgan fingerprint density at radius 1 is 1.04 bits per heavy atom. The van der Waals surface area contributed by atoms with Crippen LogP contribution in [-0.4, -0.2) is 53.1 Å². The van der Waals surface area contributed by atoms with E-state index < -0.39 is 33.0 Å². The minimum absolute atomic E-state index is 0.0238. The van der Waals surface area contributed by atoms with Gasteiger partial charge < -0.3 is 18.9 Å². The number of rotatable bonds is 5. The first-order valence-corrected chi connectivity index (χ1v) is 8.89. The fourth-order valence-corrected chi connectivity index (χ4v) is 3.87. The van der Waals surface area contributed by atoms with Crippen LogP contribution in [0.5, 0.6) is 0 Å². The van der Waals surface area contributed by atoms with E-state index in [1.807, 2.05) is 0 Å². The Hall–Kier alpha value is -2.63. The number of esters is 1. The lowest BCUT2D eigenvalue weighted by molar-refractivity contribution is -0.394. The molecule has 0 bridgehead atoms. The molecule has 2 aliphatic heterocycles. The van der Waals surface area contributed by atoms with Gasteiger partial charge >= 0.3 is 5.97 Å². The SMILES string of the molecule is O=C(OC[C@H]1OC12CCC1(CC2)OCCO1)c1cc([N+](=O)[O-])cc([N+](=O)[O-])c1. The molecular formula is C17H18N2O9. The molecule has 0 amide bonds. The molecule has 11 nitrogen and oxygen atoms in total. The Balaban J connectivity index is 1.35. The number of benzene rings is 1. The molecule has 1 atom stereocenters. The summed E-state index contributed by atoms with van der Waals surface area (Å²) in [6, 6.07) is 2.71. The van der Waals surface area contributed by atoms with Crippen molar-refractivity contribution < 1.29 is 33.6 Å². The number of epoxide rings is 1. The molecule has 3 aliphatic rings. The molecular weight excluding hydrogens is 376 g/mol. The average molecular weight is 394 g/mol. The standard InChI is InChI=1S/C17H18N2O9/c20-15(11-7-12(18(21)22)9-13(8-11)19(23)24)25-10-14-16(28-14)1-3-17(4-2-16)26-5-6-27-17/h7-9,14H,1-6,10H2/t14-/m1/s1. The summed E-state index contributed by atoms with van der Waals surface area (Å²) in [7, 11) is 0. The van der Waals surface area contributed by atoms with Crippen LogP contribution < -0.4 is 0 Å². The molecule has 2 heterocycles. The Morgan fingerprint density at radius 3 is 2.14 bits per heavy atom. The maximum Gasteiger partial charge on any atom is 0.338 e. The van der Waals surface area contributed by atoms with Crippen LogP contribution in [0.15, 0.2) is 18.2 Å². The zero-order chi connectivity index (χ0) is 19.9. The molecule has 1 aliphatic carbocycles. The summed E-state index contributed by atoms with van der Waals surface area (Å²) in [5, 5.41) is 21.9. The summed E-state index contributed by atoms with van der Waals surface area (Å²) in [6.07, 6.45) is 2.57. The number of non-ortho nitro benzene ring substituents is 2. The number of nitro benzene ring substituents is 2. The lowest BCUT2D eigenvalue weighted by Gasteiger charge is -2.34. The first-order chi connectivity index (χ1) is 13.3. The van der Waals surface area contributed by atoms with Crippen molar-refractivity contribution in [2.45, 2.75) is 43.2 Å². The van der Waals surface area contributed by atoms with Crippen LogP contribution >= 0.6 is 0 Å². The third-order valence-corrected chi connectivity index (χ3v) is 5.50. The van der Waals surface area contributed by atoms with E-state index in [-0.39, 0.29) is 23.9 Å². The number of hydrogen-bond acceptors (Lipinski definition) is 9. The van der Waals surface area contributed by atoms with Crippen LogP contribution in [0, 0.1) is 20.2 Å². The van der Waals surface area contributed by atoms with E-state index in [2.05, 4.69) is 0 Å². The number of hydrogen-bond donors (Lipinski definition) is 0. The Labute approximate surface area is 158 Å².